The highest BCUT2D eigenvalue weighted by Gasteiger charge is 2.28. The Bertz CT molecular complexity index is 1320. The first kappa shape index (κ1) is 24.5. The van der Waals surface area contributed by atoms with Crippen LogP contribution < -0.4 is 5.32 Å². The van der Waals surface area contributed by atoms with Crippen LogP contribution in [0.1, 0.15) is 28.2 Å². The van der Waals surface area contributed by atoms with Crippen molar-refractivity contribution < 1.29 is 19.5 Å². The summed E-state index contributed by atoms with van der Waals surface area (Å²) < 4.78 is 7.36. The highest BCUT2D eigenvalue weighted by atomic mass is 35.5. The number of rotatable bonds is 7. The Morgan fingerprint density at radius 2 is 2.00 bits per heavy atom. The summed E-state index contributed by atoms with van der Waals surface area (Å²) in [6.07, 6.45) is 0.0492. The van der Waals surface area contributed by atoms with Crippen molar-refractivity contribution in [2.75, 3.05) is 19.7 Å². The molecule has 2 aromatic carbocycles. The molecule has 0 amide bonds. The van der Waals surface area contributed by atoms with E-state index in [0.29, 0.717) is 40.2 Å². The summed E-state index contributed by atoms with van der Waals surface area (Å²) >= 11 is 12.6. The van der Waals surface area contributed by atoms with E-state index >= 15 is 0 Å². The molecule has 1 aliphatic heterocycles. The third kappa shape index (κ3) is 5.74. The second kappa shape index (κ2) is 10.8. The van der Waals surface area contributed by atoms with E-state index in [4.69, 9.17) is 27.9 Å². The predicted molar refractivity (Wildman–Crippen MR) is 130 cm³/mol. The third-order valence-corrected chi connectivity index (χ3v) is 5.82. The third-order valence-electron chi connectivity index (χ3n) is 5.27. The van der Waals surface area contributed by atoms with Gasteiger partial charge < -0.3 is 14.9 Å². The first-order valence-corrected chi connectivity index (χ1v) is 11.4. The predicted octanol–water partition coefficient (Wildman–Crippen LogP) is 4.23. The van der Waals surface area contributed by atoms with Crippen molar-refractivity contribution in [2.45, 2.75) is 19.4 Å². The molecule has 35 heavy (non-hydrogen) atoms. The summed E-state index contributed by atoms with van der Waals surface area (Å²) in [5.41, 5.74) is 2.86. The molecule has 0 atom stereocenters. The molecule has 0 spiro atoms. The normalized spacial score (nSPS) is 12.9. The van der Waals surface area contributed by atoms with E-state index in [1.165, 1.54) is 0 Å². The van der Waals surface area contributed by atoms with Crippen LogP contribution >= 0.6 is 23.2 Å². The van der Waals surface area contributed by atoms with Crippen molar-refractivity contribution in [3.05, 3.63) is 79.6 Å². The van der Waals surface area contributed by atoms with Gasteiger partial charge in [0.15, 0.2) is 5.69 Å². The maximum atomic E-state index is 12.9. The van der Waals surface area contributed by atoms with Gasteiger partial charge in [-0.3, -0.25) is 4.57 Å². The van der Waals surface area contributed by atoms with Crippen LogP contribution in [-0.2, 0) is 9.57 Å². The number of halogens is 2. The molecule has 0 saturated carbocycles. The quantitative estimate of drug-likeness (QED) is 0.165. The number of imidazole rings is 1. The molecule has 11 heteroatoms. The summed E-state index contributed by atoms with van der Waals surface area (Å²) in [6, 6.07) is 12.4. The van der Waals surface area contributed by atoms with E-state index < -0.39 is 11.1 Å². The molecule has 0 aliphatic carbocycles. The summed E-state index contributed by atoms with van der Waals surface area (Å²) in [5, 5.41) is 13.3. The molecular formula is C24H20Cl2N4O5. The number of hydrogen-bond acceptors (Lipinski definition) is 7. The van der Waals surface area contributed by atoms with Crippen molar-refractivity contribution in [1.29, 1.82) is 0 Å². The van der Waals surface area contributed by atoms with Gasteiger partial charge in [-0.2, -0.15) is 0 Å². The zero-order valence-electron chi connectivity index (χ0n) is 18.6. The Balaban J connectivity index is 1.68. The maximum Gasteiger partial charge on any atom is 0.359 e. The van der Waals surface area contributed by atoms with Crippen molar-refractivity contribution >= 4 is 29.2 Å². The number of ether oxygens (including phenoxy) is 1. The molecule has 2 heterocycles. The van der Waals surface area contributed by atoms with Crippen LogP contribution in [0.25, 0.3) is 17.1 Å². The Morgan fingerprint density at radius 3 is 2.63 bits per heavy atom. The highest BCUT2D eigenvalue weighted by molar-refractivity contribution is 6.36. The molecule has 3 aromatic rings. The second-order valence-electron chi connectivity index (χ2n) is 7.67. The number of hydrogen-bond donors (Lipinski definition) is 1. The van der Waals surface area contributed by atoms with Gasteiger partial charge in [0.2, 0.25) is 0 Å². The van der Waals surface area contributed by atoms with Gasteiger partial charge in [-0.1, -0.05) is 35.0 Å². The molecule has 9 nitrogen and oxygen atoms in total. The van der Waals surface area contributed by atoms with Crippen LogP contribution in [0.15, 0.2) is 42.5 Å². The molecule has 0 radical (unpaired) electrons. The minimum atomic E-state index is -0.846. The van der Waals surface area contributed by atoms with Gasteiger partial charge in [0.1, 0.15) is 18.5 Å². The first-order valence-electron chi connectivity index (χ1n) is 10.7. The smallest absolute Gasteiger partial charge is 0.359 e. The van der Waals surface area contributed by atoms with E-state index in [2.05, 4.69) is 27.0 Å². The Kier molecular flexibility index (Phi) is 7.56. The number of carbonyl (C=O) groups excluding carboxylic acids is 1. The maximum absolute atomic E-state index is 12.9. The summed E-state index contributed by atoms with van der Waals surface area (Å²) in [5.74, 6) is 5.74. The lowest BCUT2D eigenvalue weighted by Gasteiger charge is -2.26. The average Bonchev–Trinajstić information content (AvgIpc) is 3.13. The summed E-state index contributed by atoms with van der Waals surface area (Å²) in [7, 11) is 0. The second-order valence-corrected chi connectivity index (χ2v) is 8.51. The van der Waals surface area contributed by atoms with E-state index in [0.717, 1.165) is 11.3 Å². The van der Waals surface area contributed by atoms with Crippen molar-refractivity contribution in [3.63, 3.8) is 0 Å². The van der Waals surface area contributed by atoms with Gasteiger partial charge in [-0.05, 0) is 49.4 Å². The largest absolute Gasteiger partial charge is 0.455 e. The van der Waals surface area contributed by atoms with Crippen LogP contribution in [0.4, 0.5) is 0 Å². The van der Waals surface area contributed by atoms with Crippen LogP contribution in [0.3, 0.4) is 0 Å². The van der Waals surface area contributed by atoms with E-state index in [9.17, 15) is 14.9 Å². The SMILES string of the molecule is Cc1c(C(=O)OC2CNC2)nc(-c2ccc(Cl)cc2Cl)n1-c1ccc(C#CCCO[N+](=O)[O-])cc1. The minimum absolute atomic E-state index is 0.0900. The molecule has 1 N–H and O–H groups in total. The average molecular weight is 515 g/mol. The van der Waals surface area contributed by atoms with E-state index in [1.807, 2.05) is 16.7 Å². The van der Waals surface area contributed by atoms with Crippen LogP contribution in [0.2, 0.25) is 10.0 Å². The van der Waals surface area contributed by atoms with E-state index in [1.54, 1.807) is 37.3 Å². The molecule has 1 fully saturated rings. The monoisotopic (exact) mass is 514 g/mol. The first-order chi connectivity index (χ1) is 16.8. The van der Waals surface area contributed by atoms with Gasteiger partial charge >= 0.3 is 5.97 Å². The van der Waals surface area contributed by atoms with Gasteiger partial charge in [0.05, 0.1) is 10.7 Å². The van der Waals surface area contributed by atoms with E-state index in [-0.39, 0.29) is 24.8 Å². The number of nitrogens with one attached hydrogen (secondary N) is 1. The van der Waals surface area contributed by atoms with Gasteiger partial charge in [-0.15, -0.1) is 10.1 Å². The molecule has 180 valence electrons. The molecule has 0 unspecified atom stereocenters. The number of aromatic nitrogens is 2. The van der Waals surface area contributed by atoms with Crippen LogP contribution in [0.5, 0.6) is 0 Å². The Labute approximate surface area is 211 Å². The van der Waals surface area contributed by atoms with Crippen LogP contribution in [0, 0.1) is 28.9 Å². The standard InChI is InChI=1S/C24H20Cl2N4O5/c1-15-22(24(31)35-19-13-27-14-19)28-23(20-10-7-17(25)12-21(20)26)29(15)18-8-5-16(6-9-18)4-2-3-11-34-30(32)33/h5-10,12,19,27H,3,11,13-14H2,1H3. The molecule has 1 saturated heterocycles. The number of benzene rings is 2. The fourth-order valence-electron chi connectivity index (χ4n) is 3.44. The van der Waals surface area contributed by atoms with Crippen molar-refractivity contribution in [3.8, 4) is 28.9 Å². The molecule has 1 aromatic heterocycles. The van der Waals surface area contributed by atoms with Gasteiger partial charge in [-0.25, -0.2) is 9.78 Å². The zero-order chi connectivity index (χ0) is 24.9. The summed E-state index contributed by atoms with van der Waals surface area (Å²) in [4.78, 5) is 31.9. The number of carbonyl (C=O) groups is 1. The molecular weight excluding hydrogens is 495 g/mol. The lowest BCUT2D eigenvalue weighted by molar-refractivity contribution is -0.757. The Hall–Kier alpha value is -3.58. The molecule has 1 aliphatic rings. The highest BCUT2D eigenvalue weighted by Crippen LogP contribution is 2.33. The fraction of sp³-hybridized carbons (Fsp3) is 0.250. The Morgan fingerprint density at radius 1 is 1.26 bits per heavy atom. The molecule has 0 bridgehead atoms. The number of nitrogens with zero attached hydrogens (tertiary/aromatic N) is 3. The lowest BCUT2D eigenvalue weighted by Crippen LogP contribution is -2.49. The fourth-order valence-corrected chi connectivity index (χ4v) is 3.94. The van der Waals surface area contributed by atoms with Gasteiger partial charge in [0, 0.05) is 41.3 Å². The van der Waals surface area contributed by atoms with Crippen molar-refractivity contribution in [2.24, 2.45) is 0 Å². The van der Waals surface area contributed by atoms with Gasteiger partial charge in [0.25, 0.3) is 5.09 Å². The lowest BCUT2D eigenvalue weighted by atomic mass is 10.1. The number of esters is 1. The van der Waals surface area contributed by atoms with Crippen LogP contribution in [-0.4, -0.2) is 46.4 Å². The summed E-state index contributed by atoms with van der Waals surface area (Å²) in [6.45, 7) is 2.93. The topological polar surface area (TPSA) is 109 Å². The zero-order valence-corrected chi connectivity index (χ0v) is 20.1. The molecule has 4 rings (SSSR count). The van der Waals surface area contributed by atoms with Crippen molar-refractivity contribution in [1.82, 2.24) is 14.9 Å². The minimum Gasteiger partial charge on any atom is -0.455 e.